The van der Waals surface area contributed by atoms with Crippen LogP contribution < -0.4 is 5.32 Å². The van der Waals surface area contributed by atoms with Gasteiger partial charge in [0, 0.05) is 23.0 Å². The Labute approximate surface area is 161 Å². The van der Waals surface area contributed by atoms with Gasteiger partial charge in [-0.3, -0.25) is 4.79 Å². The molecule has 6 heteroatoms. The van der Waals surface area contributed by atoms with Crippen molar-refractivity contribution in [1.82, 2.24) is 14.6 Å². The Morgan fingerprint density at radius 1 is 1.11 bits per heavy atom. The molecule has 0 saturated heterocycles. The number of hydrogen-bond donors (Lipinski definition) is 1. The average molecular weight is 374 g/mol. The standard InChI is InChI=1S/C22H19FN4O/c1-3-15-6-4-5-7-18(15)25-22(28)20-13-21-24-19(12-14(2)27(21)26-20)16-8-10-17(23)11-9-16/h4-13H,3H2,1-2H3,(H,25,28). The molecule has 1 N–H and O–H groups in total. The summed E-state index contributed by atoms with van der Waals surface area (Å²) in [6.45, 7) is 3.93. The molecule has 2 aromatic carbocycles. The zero-order chi connectivity index (χ0) is 19.7. The van der Waals surface area contributed by atoms with E-state index in [1.165, 1.54) is 12.1 Å². The number of fused-ring (bicyclic) bond motifs is 1. The Bertz CT molecular complexity index is 1170. The monoisotopic (exact) mass is 374 g/mol. The molecule has 2 heterocycles. The molecule has 0 unspecified atom stereocenters. The van der Waals surface area contributed by atoms with Crippen LogP contribution >= 0.6 is 0 Å². The number of para-hydroxylation sites is 1. The minimum Gasteiger partial charge on any atom is -0.320 e. The molecule has 0 radical (unpaired) electrons. The van der Waals surface area contributed by atoms with Crippen LogP contribution in [0.25, 0.3) is 16.9 Å². The number of rotatable bonds is 4. The number of aryl methyl sites for hydroxylation is 2. The normalized spacial score (nSPS) is 11.0. The smallest absolute Gasteiger partial charge is 0.276 e. The summed E-state index contributed by atoms with van der Waals surface area (Å²) in [7, 11) is 0. The summed E-state index contributed by atoms with van der Waals surface area (Å²) in [6, 6.07) is 17.4. The highest BCUT2D eigenvalue weighted by molar-refractivity contribution is 6.03. The van der Waals surface area contributed by atoms with Crippen LogP contribution in [0.5, 0.6) is 0 Å². The van der Waals surface area contributed by atoms with Gasteiger partial charge in [0.05, 0.1) is 5.69 Å². The van der Waals surface area contributed by atoms with Gasteiger partial charge in [-0.25, -0.2) is 13.9 Å². The second-order valence-corrected chi connectivity index (χ2v) is 6.55. The lowest BCUT2D eigenvalue weighted by molar-refractivity contribution is 0.102. The van der Waals surface area contributed by atoms with Gasteiger partial charge in [0.1, 0.15) is 5.82 Å². The average Bonchev–Trinajstić information content (AvgIpc) is 3.14. The number of anilines is 1. The van der Waals surface area contributed by atoms with E-state index in [-0.39, 0.29) is 17.4 Å². The number of carbonyl (C=O) groups is 1. The first-order chi connectivity index (χ1) is 13.5. The number of nitrogens with zero attached hydrogens (tertiary/aromatic N) is 3. The van der Waals surface area contributed by atoms with Gasteiger partial charge in [-0.05, 0) is 55.3 Å². The van der Waals surface area contributed by atoms with Crippen molar-refractivity contribution in [2.24, 2.45) is 0 Å². The van der Waals surface area contributed by atoms with Crippen LogP contribution in [0, 0.1) is 12.7 Å². The summed E-state index contributed by atoms with van der Waals surface area (Å²) < 4.78 is 14.8. The largest absolute Gasteiger partial charge is 0.320 e. The number of carbonyl (C=O) groups excluding carboxylic acids is 1. The fraction of sp³-hybridized carbons (Fsp3) is 0.136. The van der Waals surface area contributed by atoms with Crippen LogP contribution in [0.4, 0.5) is 10.1 Å². The maximum atomic E-state index is 13.2. The summed E-state index contributed by atoms with van der Waals surface area (Å²) in [5, 5.41) is 7.32. The van der Waals surface area contributed by atoms with Gasteiger partial charge in [-0.15, -0.1) is 0 Å². The highest BCUT2D eigenvalue weighted by Gasteiger charge is 2.15. The molecule has 2 aromatic heterocycles. The van der Waals surface area contributed by atoms with Crippen molar-refractivity contribution in [1.29, 1.82) is 0 Å². The van der Waals surface area contributed by atoms with E-state index in [1.807, 2.05) is 44.2 Å². The van der Waals surface area contributed by atoms with Gasteiger partial charge in [-0.1, -0.05) is 25.1 Å². The molecule has 0 spiro atoms. The molecule has 4 rings (SSSR count). The van der Waals surface area contributed by atoms with Crippen molar-refractivity contribution in [2.75, 3.05) is 5.32 Å². The van der Waals surface area contributed by atoms with E-state index < -0.39 is 0 Å². The zero-order valence-electron chi connectivity index (χ0n) is 15.6. The van der Waals surface area contributed by atoms with Gasteiger partial charge in [0.2, 0.25) is 0 Å². The lowest BCUT2D eigenvalue weighted by Crippen LogP contribution is -2.14. The third kappa shape index (κ3) is 3.36. The Morgan fingerprint density at radius 3 is 2.61 bits per heavy atom. The number of aromatic nitrogens is 3. The van der Waals surface area contributed by atoms with Crippen molar-refractivity contribution < 1.29 is 9.18 Å². The molecule has 140 valence electrons. The molecular weight excluding hydrogens is 355 g/mol. The van der Waals surface area contributed by atoms with Crippen molar-refractivity contribution in [3.63, 3.8) is 0 Å². The fourth-order valence-corrected chi connectivity index (χ4v) is 3.14. The van der Waals surface area contributed by atoms with Crippen molar-refractivity contribution in [2.45, 2.75) is 20.3 Å². The molecule has 28 heavy (non-hydrogen) atoms. The number of nitrogens with one attached hydrogen (secondary N) is 1. The zero-order valence-corrected chi connectivity index (χ0v) is 15.6. The maximum absolute atomic E-state index is 13.2. The van der Waals surface area contributed by atoms with Crippen molar-refractivity contribution in [3.05, 3.63) is 83.4 Å². The Morgan fingerprint density at radius 2 is 1.86 bits per heavy atom. The van der Waals surface area contributed by atoms with Crippen LogP contribution in [-0.4, -0.2) is 20.5 Å². The minimum atomic E-state index is -0.294. The fourth-order valence-electron chi connectivity index (χ4n) is 3.14. The quantitative estimate of drug-likeness (QED) is 0.565. The number of amides is 1. The van der Waals surface area contributed by atoms with E-state index >= 15 is 0 Å². The highest BCUT2D eigenvalue weighted by atomic mass is 19.1. The predicted molar refractivity (Wildman–Crippen MR) is 107 cm³/mol. The summed E-state index contributed by atoms with van der Waals surface area (Å²) in [5.74, 6) is -0.577. The molecular formula is C22H19FN4O. The van der Waals surface area contributed by atoms with Gasteiger partial charge in [0.25, 0.3) is 5.91 Å². The first-order valence-electron chi connectivity index (χ1n) is 9.08. The SMILES string of the molecule is CCc1ccccc1NC(=O)c1cc2nc(-c3ccc(F)cc3)cc(C)n2n1. The highest BCUT2D eigenvalue weighted by Crippen LogP contribution is 2.21. The summed E-state index contributed by atoms with van der Waals surface area (Å²) in [5.41, 5.74) is 5.03. The number of halogens is 1. The molecule has 4 aromatic rings. The van der Waals surface area contributed by atoms with E-state index in [4.69, 9.17) is 0 Å². The number of benzene rings is 2. The molecule has 0 aliphatic carbocycles. The van der Waals surface area contributed by atoms with Crippen LogP contribution in [0.1, 0.15) is 28.7 Å². The lowest BCUT2D eigenvalue weighted by atomic mass is 10.1. The van der Waals surface area contributed by atoms with Crippen LogP contribution in [0.2, 0.25) is 0 Å². The second-order valence-electron chi connectivity index (χ2n) is 6.55. The van der Waals surface area contributed by atoms with Gasteiger partial charge >= 0.3 is 0 Å². The van der Waals surface area contributed by atoms with Gasteiger partial charge < -0.3 is 5.32 Å². The lowest BCUT2D eigenvalue weighted by Gasteiger charge is -2.08. The van der Waals surface area contributed by atoms with Crippen LogP contribution in [0.15, 0.2) is 60.7 Å². The van der Waals surface area contributed by atoms with E-state index in [9.17, 15) is 9.18 Å². The maximum Gasteiger partial charge on any atom is 0.276 e. The molecule has 1 amide bonds. The molecule has 5 nitrogen and oxygen atoms in total. The predicted octanol–water partition coefficient (Wildman–Crippen LogP) is 4.66. The molecule has 0 atom stereocenters. The third-order valence-corrected chi connectivity index (χ3v) is 4.62. The van der Waals surface area contributed by atoms with Gasteiger partial charge in [0.15, 0.2) is 11.3 Å². The third-order valence-electron chi connectivity index (χ3n) is 4.62. The number of hydrogen-bond acceptors (Lipinski definition) is 3. The molecule has 0 saturated carbocycles. The summed E-state index contributed by atoms with van der Waals surface area (Å²) in [6.07, 6.45) is 0.823. The first kappa shape index (κ1) is 17.9. The summed E-state index contributed by atoms with van der Waals surface area (Å²) in [4.78, 5) is 17.3. The topological polar surface area (TPSA) is 59.3 Å². The van der Waals surface area contributed by atoms with E-state index in [1.54, 1.807) is 22.7 Å². The Balaban J connectivity index is 1.68. The second kappa shape index (κ2) is 7.23. The van der Waals surface area contributed by atoms with E-state index in [0.717, 1.165) is 28.9 Å². The Kier molecular flexibility index (Phi) is 4.61. The van der Waals surface area contributed by atoms with E-state index in [0.29, 0.717) is 11.3 Å². The summed E-state index contributed by atoms with van der Waals surface area (Å²) >= 11 is 0. The van der Waals surface area contributed by atoms with Crippen molar-refractivity contribution in [3.8, 4) is 11.3 Å². The van der Waals surface area contributed by atoms with Crippen LogP contribution in [-0.2, 0) is 6.42 Å². The van der Waals surface area contributed by atoms with Crippen LogP contribution in [0.3, 0.4) is 0 Å². The molecule has 0 aliphatic heterocycles. The molecule has 0 fully saturated rings. The van der Waals surface area contributed by atoms with E-state index in [2.05, 4.69) is 15.4 Å². The molecule has 0 bridgehead atoms. The minimum absolute atomic E-state index is 0.283. The molecule has 0 aliphatic rings. The van der Waals surface area contributed by atoms with Gasteiger partial charge in [-0.2, -0.15) is 5.10 Å². The Hall–Kier alpha value is -3.54. The first-order valence-corrected chi connectivity index (χ1v) is 9.08. The van der Waals surface area contributed by atoms with Crippen molar-refractivity contribution >= 4 is 17.2 Å².